The minimum atomic E-state index is 0.245. The van der Waals surface area contributed by atoms with Gasteiger partial charge in [-0.25, -0.2) is 0 Å². The highest BCUT2D eigenvalue weighted by molar-refractivity contribution is 6.30. The van der Waals surface area contributed by atoms with Crippen molar-refractivity contribution in [3.63, 3.8) is 0 Å². The van der Waals surface area contributed by atoms with Crippen LogP contribution in [0.15, 0.2) is 47.5 Å². The number of nitrogens with zero attached hydrogens (tertiary/aromatic N) is 1. The maximum atomic E-state index is 10.1. The van der Waals surface area contributed by atoms with E-state index in [0.29, 0.717) is 21.4 Å². The van der Waals surface area contributed by atoms with Crippen LogP contribution in [0.5, 0.6) is 5.75 Å². The van der Waals surface area contributed by atoms with Crippen LogP contribution >= 0.6 is 11.6 Å². The third-order valence-corrected chi connectivity index (χ3v) is 7.73. The Labute approximate surface area is 172 Å². The van der Waals surface area contributed by atoms with Crippen LogP contribution < -0.4 is 0 Å². The highest BCUT2D eigenvalue weighted by Gasteiger charge is 2.57. The first-order valence-corrected chi connectivity index (χ1v) is 10.9. The van der Waals surface area contributed by atoms with Gasteiger partial charge in [0, 0.05) is 23.3 Å². The quantitative estimate of drug-likeness (QED) is 0.606. The van der Waals surface area contributed by atoms with Crippen molar-refractivity contribution in [3.05, 3.63) is 64.2 Å². The Balaban J connectivity index is 1.41. The van der Waals surface area contributed by atoms with Crippen molar-refractivity contribution in [1.29, 1.82) is 0 Å². The number of aryl methyl sites for hydroxylation is 1. The molecule has 2 aromatic carbocycles. The number of hydrogen-bond acceptors (Lipinski definition) is 2. The van der Waals surface area contributed by atoms with E-state index in [1.807, 2.05) is 6.21 Å². The summed E-state index contributed by atoms with van der Waals surface area (Å²) in [6, 6.07) is 14.4. The van der Waals surface area contributed by atoms with Gasteiger partial charge in [-0.05, 0) is 91.9 Å². The molecule has 0 saturated heterocycles. The summed E-state index contributed by atoms with van der Waals surface area (Å²) in [4.78, 5) is 4.83. The fraction of sp³-hybridized carbons (Fsp3) is 0.480. The fourth-order valence-corrected chi connectivity index (χ4v) is 7.03. The summed E-state index contributed by atoms with van der Waals surface area (Å²) in [5.41, 5.74) is 4.28. The first-order valence-electron chi connectivity index (χ1n) is 10.5. The topological polar surface area (TPSA) is 32.6 Å². The molecule has 4 fully saturated rings. The summed E-state index contributed by atoms with van der Waals surface area (Å²) in [5.74, 6) is 1.93. The van der Waals surface area contributed by atoms with Crippen LogP contribution in [0.25, 0.3) is 0 Å². The van der Waals surface area contributed by atoms with Crippen LogP contribution in [0, 0.1) is 24.2 Å². The van der Waals surface area contributed by atoms with E-state index >= 15 is 0 Å². The SMILES string of the molecule is Cc1ccc(C23CC4CC(CC(CN=Cc5cc(Cl)ccc5O)(C4)C2)C3)cc1. The molecule has 2 nitrogen and oxygen atoms in total. The zero-order chi connectivity index (χ0) is 19.4. The summed E-state index contributed by atoms with van der Waals surface area (Å²) in [7, 11) is 0. The van der Waals surface area contributed by atoms with Gasteiger partial charge in [0.15, 0.2) is 0 Å². The summed E-state index contributed by atoms with van der Waals surface area (Å²) in [6.45, 7) is 3.03. The molecular weight excluding hydrogens is 366 g/mol. The Morgan fingerprint density at radius 3 is 2.50 bits per heavy atom. The van der Waals surface area contributed by atoms with Gasteiger partial charge in [0.05, 0.1) is 0 Å². The Morgan fingerprint density at radius 2 is 1.79 bits per heavy atom. The van der Waals surface area contributed by atoms with Gasteiger partial charge < -0.3 is 5.11 Å². The lowest BCUT2D eigenvalue weighted by Gasteiger charge is -2.62. The molecule has 2 aromatic rings. The summed E-state index contributed by atoms with van der Waals surface area (Å²) in [6.07, 6.45) is 9.83. The number of hydrogen-bond donors (Lipinski definition) is 1. The molecule has 0 aromatic heterocycles. The van der Waals surface area contributed by atoms with Crippen molar-refractivity contribution in [2.45, 2.75) is 50.9 Å². The highest BCUT2D eigenvalue weighted by atomic mass is 35.5. The smallest absolute Gasteiger partial charge is 0.124 e. The lowest BCUT2D eigenvalue weighted by atomic mass is 9.43. The van der Waals surface area contributed by atoms with Gasteiger partial charge in [0.25, 0.3) is 0 Å². The predicted octanol–water partition coefficient (Wildman–Crippen LogP) is 6.31. The van der Waals surface area contributed by atoms with Gasteiger partial charge in [0.1, 0.15) is 5.75 Å². The molecule has 0 heterocycles. The third-order valence-electron chi connectivity index (χ3n) is 7.49. The van der Waals surface area contributed by atoms with Crippen LogP contribution in [0.1, 0.15) is 55.2 Å². The number of phenolic OH excluding ortho intramolecular Hbond substituents is 1. The number of halogens is 1. The molecule has 146 valence electrons. The minimum Gasteiger partial charge on any atom is -0.507 e. The van der Waals surface area contributed by atoms with E-state index in [2.05, 4.69) is 31.2 Å². The first-order chi connectivity index (χ1) is 13.5. The van der Waals surface area contributed by atoms with Crippen LogP contribution in [0.4, 0.5) is 0 Å². The molecule has 2 unspecified atom stereocenters. The molecule has 4 aliphatic carbocycles. The molecular formula is C25H28ClNO. The van der Waals surface area contributed by atoms with E-state index < -0.39 is 0 Å². The summed E-state index contributed by atoms with van der Waals surface area (Å²) in [5, 5.41) is 10.7. The zero-order valence-electron chi connectivity index (χ0n) is 16.5. The Morgan fingerprint density at radius 1 is 1.07 bits per heavy atom. The van der Waals surface area contributed by atoms with E-state index in [1.54, 1.807) is 23.8 Å². The van der Waals surface area contributed by atoms with E-state index in [-0.39, 0.29) is 5.75 Å². The Bertz CT molecular complexity index is 903. The predicted molar refractivity (Wildman–Crippen MR) is 116 cm³/mol. The number of aliphatic imine (C=N–C) groups is 1. The van der Waals surface area contributed by atoms with E-state index in [4.69, 9.17) is 16.6 Å². The van der Waals surface area contributed by atoms with Crippen LogP contribution in [-0.4, -0.2) is 17.9 Å². The van der Waals surface area contributed by atoms with Crippen molar-refractivity contribution in [2.24, 2.45) is 22.2 Å². The molecule has 0 amide bonds. The van der Waals surface area contributed by atoms with Gasteiger partial charge >= 0.3 is 0 Å². The number of benzene rings is 2. The zero-order valence-corrected chi connectivity index (χ0v) is 17.3. The Hall–Kier alpha value is -1.80. The third kappa shape index (κ3) is 3.16. The normalized spacial score (nSPS) is 33.6. The molecule has 0 spiro atoms. The lowest BCUT2D eigenvalue weighted by Crippen LogP contribution is -2.55. The van der Waals surface area contributed by atoms with Gasteiger partial charge in [0.2, 0.25) is 0 Å². The molecule has 1 N–H and O–H groups in total. The minimum absolute atomic E-state index is 0.245. The molecule has 28 heavy (non-hydrogen) atoms. The summed E-state index contributed by atoms with van der Waals surface area (Å²) >= 11 is 6.08. The summed E-state index contributed by atoms with van der Waals surface area (Å²) < 4.78 is 0. The van der Waals surface area contributed by atoms with Crippen molar-refractivity contribution < 1.29 is 5.11 Å². The molecule has 4 bridgehead atoms. The van der Waals surface area contributed by atoms with Crippen LogP contribution in [0.2, 0.25) is 5.02 Å². The number of aromatic hydroxyl groups is 1. The van der Waals surface area contributed by atoms with Gasteiger partial charge in [-0.3, -0.25) is 4.99 Å². The van der Waals surface area contributed by atoms with E-state index in [1.165, 1.54) is 44.1 Å². The number of phenols is 1. The molecule has 4 aliphatic rings. The molecule has 2 atom stereocenters. The second kappa shape index (κ2) is 6.62. The molecule has 0 aliphatic heterocycles. The molecule has 3 heteroatoms. The van der Waals surface area contributed by atoms with Gasteiger partial charge in [-0.1, -0.05) is 41.4 Å². The highest BCUT2D eigenvalue weighted by Crippen LogP contribution is 2.65. The largest absolute Gasteiger partial charge is 0.507 e. The van der Waals surface area contributed by atoms with Crippen molar-refractivity contribution >= 4 is 17.8 Å². The van der Waals surface area contributed by atoms with Crippen molar-refractivity contribution in [2.75, 3.05) is 6.54 Å². The molecule has 0 radical (unpaired) electrons. The van der Waals surface area contributed by atoms with Gasteiger partial charge in [-0.2, -0.15) is 0 Å². The fourth-order valence-electron chi connectivity index (χ4n) is 6.85. The van der Waals surface area contributed by atoms with E-state index in [9.17, 15) is 5.11 Å². The van der Waals surface area contributed by atoms with Crippen molar-refractivity contribution in [1.82, 2.24) is 0 Å². The maximum absolute atomic E-state index is 10.1. The molecule has 4 saturated carbocycles. The first kappa shape index (κ1) is 18.2. The van der Waals surface area contributed by atoms with E-state index in [0.717, 1.165) is 18.4 Å². The van der Waals surface area contributed by atoms with Crippen LogP contribution in [-0.2, 0) is 5.41 Å². The second-order valence-corrected chi connectivity index (χ2v) is 10.2. The standard InChI is InChI=1S/C25H28ClNO/c1-17-2-4-21(5-3-17)25-12-18-8-19(13-25)11-24(10-18,15-25)16-27-14-20-9-22(26)6-7-23(20)28/h2-7,9,14,18-19,28H,8,10-13,15-16H2,1H3. The van der Waals surface area contributed by atoms with Gasteiger partial charge in [-0.15, -0.1) is 0 Å². The number of rotatable bonds is 4. The average Bonchev–Trinajstić information content (AvgIpc) is 2.64. The van der Waals surface area contributed by atoms with Crippen LogP contribution in [0.3, 0.4) is 0 Å². The Kier molecular flexibility index (Phi) is 4.32. The monoisotopic (exact) mass is 393 g/mol. The second-order valence-electron chi connectivity index (χ2n) is 9.78. The maximum Gasteiger partial charge on any atom is 0.124 e. The van der Waals surface area contributed by atoms with Crippen molar-refractivity contribution in [3.8, 4) is 5.75 Å². The molecule has 6 rings (SSSR count). The average molecular weight is 394 g/mol. The lowest BCUT2D eigenvalue weighted by molar-refractivity contribution is -0.0663.